The number of hydrogen-bond donors (Lipinski definition) is 1. The van der Waals surface area contributed by atoms with Crippen LogP contribution in [0.15, 0.2) is 24.3 Å². The highest BCUT2D eigenvalue weighted by atomic mass is 35.5. The Hall–Kier alpha value is -0.570. The fourth-order valence-electron chi connectivity index (χ4n) is 3.79. The second-order valence-electron chi connectivity index (χ2n) is 6.76. The van der Waals surface area contributed by atoms with Crippen LogP contribution in [0.3, 0.4) is 0 Å². The quantitative estimate of drug-likeness (QED) is 0.926. The highest BCUT2D eigenvalue weighted by Crippen LogP contribution is 2.37. The Bertz CT molecular complexity index is 429. The third kappa shape index (κ3) is 3.19. The van der Waals surface area contributed by atoms with Crippen LogP contribution < -0.4 is 5.73 Å². The summed E-state index contributed by atoms with van der Waals surface area (Å²) in [6.07, 6.45) is 2.58. The highest BCUT2D eigenvalue weighted by Gasteiger charge is 2.40. The van der Waals surface area contributed by atoms with Crippen LogP contribution in [-0.2, 0) is 6.54 Å². The molecule has 1 aliphatic heterocycles. The van der Waals surface area contributed by atoms with Crippen LogP contribution in [0.5, 0.6) is 0 Å². The summed E-state index contributed by atoms with van der Waals surface area (Å²) in [6, 6.07) is 9.61. The zero-order valence-corrected chi connectivity index (χ0v) is 13.4. The first-order valence-corrected chi connectivity index (χ1v) is 7.70. The molecular formula is C17H27ClN2. The number of nitrogens with zero attached hydrogens (tertiary/aromatic N) is 1. The van der Waals surface area contributed by atoms with Crippen molar-refractivity contribution in [2.45, 2.75) is 45.2 Å². The lowest BCUT2D eigenvalue weighted by molar-refractivity contribution is 0.298. The fraction of sp³-hybridized carbons (Fsp3) is 0.647. The second kappa shape index (κ2) is 6.46. The summed E-state index contributed by atoms with van der Waals surface area (Å²) >= 11 is 0. The van der Waals surface area contributed by atoms with Gasteiger partial charge in [0, 0.05) is 25.7 Å². The summed E-state index contributed by atoms with van der Waals surface area (Å²) in [5.41, 5.74) is 9.08. The van der Waals surface area contributed by atoms with Gasteiger partial charge in [-0.1, -0.05) is 38.1 Å². The van der Waals surface area contributed by atoms with E-state index in [0.717, 1.165) is 18.4 Å². The molecule has 1 saturated heterocycles. The molecule has 1 saturated carbocycles. The number of benzene rings is 1. The smallest absolute Gasteiger partial charge is 0.0233 e. The predicted octanol–water partition coefficient (Wildman–Crippen LogP) is 3.40. The van der Waals surface area contributed by atoms with Crippen LogP contribution >= 0.6 is 12.4 Å². The molecule has 1 aromatic rings. The molecule has 3 heteroatoms. The van der Waals surface area contributed by atoms with E-state index < -0.39 is 0 Å². The van der Waals surface area contributed by atoms with Crippen LogP contribution in [-0.4, -0.2) is 24.0 Å². The van der Waals surface area contributed by atoms with Gasteiger partial charge in [-0.15, -0.1) is 12.4 Å². The van der Waals surface area contributed by atoms with Crippen LogP contribution in [0, 0.1) is 11.8 Å². The Balaban J connectivity index is 0.00000147. The molecule has 0 spiro atoms. The van der Waals surface area contributed by atoms with E-state index in [9.17, 15) is 0 Å². The summed E-state index contributed by atoms with van der Waals surface area (Å²) in [6.45, 7) is 8.05. The van der Waals surface area contributed by atoms with Crippen molar-refractivity contribution in [1.29, 1.82) is 0 Å². The zero-order valence-electron chi connectivity index (χ0n) is 12.6. The van der Waals surface area contributed by atoms with Gasteiger partial charge < -0.3 is 5.73 Å². The van der Waals surface area contributed by atoms with Crippen molar-refractivity contribution in [3.63, 3.8) is 0 Å². The Labute approximate surface area is 129 Å². The van der Waals surface area contributed by atoms with E-state index in [4.69, 9.17) is 5.73 Å². The largest absolute Gasteiger partial charge is 0.327 e. The maximum Gasteiger partial charge on any atom is 0.0233 e. The number of likely N-dealkylation sites (tertiary alicyclic amines) is 1. The summed E-state index contributed by atoms with van der Waals surface area (Å²) < 4.78 is 0. The van der Waals surface area contributed by atoms with E-state index in [1.54, 1.807) is 0 Å². The van der Waals surface area contributed by atoms with E-state index in [0.29, 0.717) is 12.0 Å². The van der Waals surface area contributed by atoms with Gasteiger partial charge in [-0.25, -0.2) is 0 Å². The molecule has 2 fully saturated rings. The lowest BCUT2D eigenvalue weighted by atomic mass is 9.98. The van der Waals surface area contributed by atoms with Crippen LogP contribution in [0.2, 0.25) is 0 Å². The predicted molar refractivity (Wildman–Crippen MR) is 87.2 cm³/mol. The van der Waals surface area contributed by atoms with Gasteiger partial charge in [-0.05, 0) is 41.7 Å². The molecule has 2 aliphatic rings. The molecule has 112 valence electrons. The Morgan fingerprint density at radius 1 is 1.15 bits per heavy atom. The van der Waals surface area contributed by atoms with Gasteiger partial charge in [0.15, 0.2) is 0 Å². The Kier molecular flexibility index (Phi) is 5.11. The first-order chi connectivity index (χ1) is 9.13. The van der Waals surface area contributed by atoms with Gasteiger partial charge in [-0.3, -0.25) is 4.90 Å². The molecule has 3 rings (SSSR count). The fourth-order valence-corrected chi connectivity index (χ4v) is 3.79. The van der Waals surface area contributed by atoms with E-state index in [-0.39, 0.29) is 12.4 Å². The maximum absolute atomic E-state index is 6.20. The molecule has 1 aromatic carbocycles. The minimum absolute atomic E-state index is 0. The molecule has 2 N–H and O–H groups in total. The number of halogens is 1. The summed E-state index contributed by atoms with van der Waals surface area (Å²) in [5, 5.41) is 0. The zero-order chi connectivity index (χ0) is 13.4. The van der Waals surface area contributed by atoms with Gasteiger partial charge in [0.2, 0.25) is 0 Å². The standard InChI is InChI=1S/C17H26N2.ClH/c1-12(2)14-5-3-13(4-6-14)9-19-10-15-7-8-17(18)16(15)11-19;/h3-6,12,15-17H,7-11,18H2,1-2H3;1H. The van der Waals surface area contributed by atoms with E-state index in [1.165, 1.54) is 37.1 Å². The van der Waals surface area contributed by atoms with E-state index >= 15 is 0 Å². The van der Waals surface area contributed by atoms with E-state index in [2.05, 4.69) is 43.0 Å². The molecule has 1 heterocycles. The molecule has 0 amide bonds. The topological polar surface area (TPSA) is 29.3 Å². The van der Waals surface area contributed by atoms with Crippen molar-refractivity contribution >= 4 is 12.4 Å². The van der Waals surface area contributed by atoms with Gasteiger partial charge in [0.05, 0.1) is 0 Å². The average Bonchev–Trinajstić information content (AvgIpc) is 2.93. The van der Waals surface area contributed by atoms with E-state index in [1.807, 2.05) is 0 Å². The van der Waals surface area contributed by atoms with Gasteiger partial charge in [0.1, 0.15) is 0 Å². The van der Waals surface area contributed by atoms with Gasteiger partial charge in [-0.2, -0.15) is 0 Å². The Morgan fingerprint density at radius 3 is 2.45 bits per heavy atom. The van der Waals surface area contributed by atoms with Crippen LogP contribution in [0.4, 0.5) is 0 Å². The molecule has 1 aliphatic carbocycles. The monoisotopic (exact) mass is 294 g/mol. The molecule has 20 heavy (non-hydrogen) atoms. The molecular weight excluding hydrogens is 268 g/mol. The molecule has 0 radical (unpaired) electrons. The number of nitrogens with two attached hydrogens (primary N) is 1. The van der Waals surface area contributed by atoms with Gasteiger partial charge >= 0.3 is 0 Å². The first kappa shape index (κ1) is 15.8. The average molecular weight is 295 g/mol. The summed E-state index contributed by atoms with van der Waals surface area (Å²) in [5.74, 6) is 2.25. The molecule has 3 atom stereocenters. The molecule has 2 nitrogen and oxygen atoms in total. The summed E-state index contributed by atoms with van der Waals surface area (Å²) in [4.78, 5) is 2.60. The van der Waals surface area contributed by atoms with Crippen molar-refractivity contribution in [2.24, 2.45) is 17.6 Å². The first-order valence-electron chi connectivity index (χ1n) is 7.70. The SMILES string of the molecule is CC(C)c1ccc(CN2CC3CCC(N)C3C2)cc1.Cl. The lowest BCUT2D eigenvalue weighted by Crippen LogP contribution is -2.30. The summed E-state index contributed by atoms with van der Waals surface area (Å²) in [7, 11) is 0. The number of hydrogen-bond acceptors (Lipinski definition) is 2. The van der Waals surface area contributed by atoms with Crippen molar-refractivity contribution < 1.29 is 0 Å². The minimum Gasteiger partial charge on any atom is -0.327 e. The van der Waals surface area contributed by atoms with Crippen molar-refractivity contribution in [1.82, 2.24) is 4.90 Å². The number of fused-ring (bicyclic) bond motifs is 1. The second-order valence-corrected chi connectivity index (χ2v) is 6.76. The van der Waals surface area contributed by atoms with Crippen LogP contribution in [0.25, 0.3) is 0 Å². The highest BCUT2D eigenvalue weighted by molar-refractivity contribution is 5.85. The maximum atomic E-state index is 6.20. The molecule has 0 bridgehead atoms. The van der Waals surface area contributed by atoms with Crippen LogP contribution in [0.1, 0.15) is 43.7 Å². The van der Waals surface area contributed by atoms with Crippen molar-refractivity contribution in [3.8, 4) is 0 Å². The van der Waals surface area contributed by atoms with Crippen molar-refractivity contribution in [2.75, 3.05) is 13.1 Å². The van der Waals surface area contributed by atoms with Gasteiger partial charge in [0.25, 0.3) is 0 Å². The molecule has 3 unspecified atom stereocenters. The Morgan fingerprint density at radius 2 is 1.85 bits per heavy atom. The third-order valence-corrected chi connectivity index (χ3v) is 5.04. The van der Waals surface area contributed by atoms with Crippen molar-refractivity contribution in [3.05, 3.63) is 35.4 Å². The number of rotatable bonds is 3. The minimum atomic E-state index is 0. The third-order valence-electron chi connectivity index (χ3n) is 5.04. The lowest BCUT2D eigenvalue weighted by Gasteiger charge is -2.18. The normalized spacial score (nSPS) is 29.5. The molecule has 0 aromatic heterocycles.